The number of ether oxygens (including phenoxy) is 2. The molecule has 6 heteroatoms. The number of hydrogen-bond acceptors (Lipinski definition) is 5. The summed E-state index contributed by atoms with van der Waals surface area (Å²) in [6, 6.07) is 11.5. The molecule has 6 nitrogen and oxygen atoms in total. The molecule has 1 unspecified atom stereocenters. The van der Waals surface area contributed by atoms with Crippen LogP contribution in [-0.2, 0) is 24.3 Å². The second-order valence-corrected chi connectivity index (χ2v) is 7.53. The first kappa shape index (κ1) is 20.7. The Balaban J connectivity index is 1.57. The summed E-state index contributed by atoms with van der Waals surface area (Å²) in [6.45, 7) is 5.35. The Kier molecular flexibility index (Phi) is 6.36. The number of hydrogen-bond donors (Lipinski definition) is 0. The summed E-state index contributed by atoms with van der Waals surface area (Å²) in [4.78, 5) is 19.0. The summed E-state index contributed by atoms with van der Waals surface area (Å²) >= 11 is 0. The van der Waals surface area contributed by atoms with Gasteiger partial charge in [0.2, 0.25) is 5.91 Å². The van der Waals surface area contributed by atoms with Gasteiger partial charge in [-0.15, -0.1) is 0 Å². The van der Waals surface area contributed by atoms with E-state index in [2.05, 4.69) is 4.98 Å². The van der Waals surface area contributed by atoms with E-state index >= 15 is 0 Å². The highest BCUT2D eigenvalue weighted by atomic mass is 16.5. The number of rotatable bonds is 8. The van der Waals surface area contributed by atoms with Crippen molar-refractivity contribution in [3.8, 4) is 11.5 Å². The van der Waals surface area contributed by atoms with E-state index in [1.165, 1.54) is 0 Å². The first-order valence-electron chi connectivity index (χ1n) is 10.5. The number of furan rings is 1. The largest absolute Gasteiger partial charge is 0.493 e. The summed E-state index contributed by atoms with van der Waals surface area (Å²) in [5, 5.41) is 0. The number of fused-ring (bicyclic) bond motifs is 1. The number of carbonyl (C=O) groups is 1. The van der Waals surface area contributed by atoms with Crippen LogP contribution in [0, 0.1) is 0 Å². The van der Waals surface area contributed by atoms with Crippen molar-refractivity contribution < 1.29 is 18.7 Å². The number of benzene rings is 1. The van der Waals surface area contributed by atoms with Crippen LogP contribution < -0.4 is 9.47 Å². The van der Waals surface area contributed by atoms with Gasteiger partial charge in [-0.25, -0.2) is 0 Å². The molecule has 0 aliphatic carbocycles. The zero-order valence-electron chi connectivity index (χ0n) is 17.8. The van der Waals surface area contributed by atoms with Crippen molar-refractivity contribution in [2.24, 2.45) is 0 Å². The highest BCUT2D eigenvalue weighted by Gasteiger charge is 2.21. The quantitative estimate of drug-likeness (QED) is 0.499. The van der Waals surface area contributed by atoms with Crippen molar-refractivity contribution in [1.82, 2.24) is 9.88 Å². The van der Waals surface area contributed by atoms with Gasteiger partial charge in [-0.05, 0) is 55.8 Å². The minimum atomic E-state index is -0.127. The summed E-state index contributed by atoms with van der Waals surface area (Å²) in [5.41, 5.74) is 2.91. The second-order valence-electron chi connectivity index (χ2n) is 7.53. The maximum absolute atomic E-state index is 13.1. The lowest BCUT2D eigenvalue weighted by molar-refractivity contribution is -0.127. The Morgan fingerprint density at radius 3 is 2.94 bits per heavy atom. The van der Waals surface area contributed by atoms with Gasteiger partial charge in [0, 0.05) is 42.6 Å². The van der Waals surface area contributed by atoms with Gasteiger partial charge in [0.05, 0.1) is 19.4 Å². The average molecular weight is 418 g/mol. The minimum absolute atomic E-state index is 0.127. The molecule has 1 aliphatic heterocycles. The van der Waals surface area contributed by atoms with E-state index in [-0.39, 0.29) is 12.0 Å². The fraction of sp³-hybridized carbons (Fsp3) is 0.280. The Labute approximate surface area is 182 Å². The number of pyridine rings is 1. The molecule has 1 amide bonds. The highest BCUT2D eigenvalue weighted by molar-refractivity contribution is 5.92. The van der Waals surface area contributed by atoms with E-state index < -0.39 is 0 Å². The molecule has 0 N–H and O–H groups in total. The maximum Gasteiger partial charge on any atom is 0.247 e. The predicted octanol–water partition coefficient (Wildman–Crippen LogP) is 4.64. The normalized spacial score (nSPS) is 15.0. The third kappa shape index (κ3) is 5.15. The first-order chi connectivity index (χ1) is 15.1. The molecule has 1 aliphatic rings. The summed E-state index contributed by atoms with van der Waals surface area (Å²) in [7, 11) is 0. The lowest BCUT2D eigenvalue weighted by Gasteiger charge is -2.20. The van der Waals surface area contributed by atoms with Crippen LogP contribution in [0.15, 0.2) is 65.5 Å². The van der Waals surface area contributed by atoms with Gasteiger partial charge in [-0.3, -0.25) is 9.78 Å². The van der Waals surface area contributed by atoms with Crippen molar-refractivity contribution in [2.75, 3.05) is 6.61 Å². The lowest BCUT2D eigenvalue weighted by atomic mass is 10.1. The van der Waals surface area contributed by atoms with E-state index in [0.29, 0.717) is 19.7 Å². The van der Waals surface area contributed by atoms with Crippen LogP contribution in [0.25, 0.3) is 6.08 Å². The molecule has 0 saturated carbocycles. The van der Waals surface area contributed by atoms with Crippen molar-refractivity contribution >= 4 is 12.0 Å². The van der Waals surface area contributed by atoms with Crippen molar-refractivity contribution in [2.45, 2.75) is 39.5 Å². The van der Waals surface area contributed by atoms with Crippen LogP contribution in [0.5, 0.6) is 11.5 Å². The molecule has 0 bridgehead atoms. The average Bonchev–Trinajstić information content (AvgIpc) is 3.40. The molecular formula is C25H26N2O4. The fourth-order valence-corrected chi connectivity index (χ4v) is 3.65. The van der Waals surface area contributed by atoms with Crippen LogP contribution in [-0.4, -0.2) is 28.5 Å². The van der Waals surface area contributed by atoms with Gasteiger partial charge in [-0.1, -0.05) is 6.07 Å². The molecular weight excluding hydrogens is 392 g/mol. The highest BCUT2D eigenvalue weighted by Crippen LogP contribution is 2.35. The number of amides is 1. The zero-order valence-corrected chi connectivity index (χ0v) is 17.8. The third-order valence-corrected chi connectivity index (χ3v) is 5.07. The van der Waals surface area contributed by atoms with Crippen LogP contribution in [0.3, 0.4) is 0 Å². The molecule has 0 saturated heterocycles. The number of nitrogens with zero attached hydrogens (tertiary/aromatic N) is 2. The standard InChI is InChI=1S/C25H26N2O4/c1-3-29-23-14-21-12-18(2)31-24(21)13-20(23)8-9-25(28)27(17-22-7-5-11-30-22)16-19-6-4-10-26-15-19/h4-11,13-15,18H,3,12,16-17H2,1-2H3/b9-8+. The van der Waals surface area contributed by atoms with Gasteiger partial charge in [0.15, 0.2) is 0 Å². The van der Waals surface area contributed by atoms with Crippen LogP contribution in [0.1, 0.15) is 36.3 Å². The Hall–Kier alpha value is -3.54. The smallest absolute Gasteiger partial charge is 0.247 e. The van der Waals surface area contributed by atoms with Gasteiger partial charge >= 0.3 is 0 Å². The summed E-state index contributed by atoms with van der Waals surface area (Å²) in [5.74, 6) is 2.21. The molecule has 31 heavy (non-hydrogen) atoms. The van der Waals surface area contributed by atoms with Crippen molar-refractivity contribution in [1.29, 1.82) is 0 Å². The van der Waals surface area contributed by atoms with E-state index in [1.807, 2.05) is 50.2 Å². The Morgan fingerprint density at radius 2 is 2.19 bits per heavy atom. The van der Waals surface area contributed by atoms with Crippen LogP contribution >= 0.6 is 0 Å². The monoisotopic (exact) mass is 418 g/mol. The van der Waals surface area contributed by atoms with E-state index in [4.69, 9.17) is 13.9 Å². The second kappa shape index (κ2) is 9.51. The molecule has 1 atom stereocenters. The third-order valence-electron chi connectivity index (χ3n) is 5.07. The van der Waals surface area contributed by atoms with Crippen LogP contribution in [0.2, 0.25) is 0 Å². The van der Waals surface area contributed by atoms with E-state index in [1.54, 1.807) is 35.7 Å². The van der Waals surface area contributed by atoms with Crippen molar-refractivity contribution in [3.05, 3.63) is 83.6 Å². The predicted molar refractivity (Wildman–Crippen MR) is 118 cm³/mol. The number of carbonyl (C=O) groups excluding carboxylic acids is 1. The number of aromatic nitrogens is 1. The molecule has 3 aromatic rings. The zero-order chi connectivity index (χ0) is 21.6. The lowest BCUT2D eigenvalue weighted by Crippen LogP contribution is -2.28. The van der Waals surface area contributed by atoms with Gasteiger partial charge < -0.3 is 18.8 Å². The van der Waals surface area contributed by atoms with Gasteiger partial charge in [0.1, 0.15) is 23.4 Å². The topological polar surface area (TPSA) is 64.8 Å². The molecule has 0 spiro atoms. The summed E-state index contributed by atoms with van der Waals surface area (Å²) < 4.78 is 17.2. The van der Waals surface area contributed by atoms with Gasteiger partial charge in [0.25, 0.3) is 0 Å². The van der Waals surface area contributed by atoms with E-state index in [9.17, 15) is 4.79 Å². The Morgan fingerprint density at radius 1 is 1.29 bits per heavy atom. The molecule has 160 valence electrons. The fourth-order valence-electron chi connectivity index (χ4n) is 3.65. The van der Waals surface area contributed by atoms with Crippen molar-refractivity contribution in [3.63, 3.8) is 0 Å². The minimum Gasteiger partial charge on any atom is -0.493 e. The first-order valence-corrected chi connectivity index (χ1v) is 10.5. The molecule has 1 aromatic carbocycles. The maximum atomic E-state index is 13.1. The van der Waals surface area contributed by atoms with Crippen LogP contribution in [0.4, 0.5) is 0 Å². The Bertz CT molecular complexity index is 1040. The SMILES string of the molecule is CCOc1cc2c(cc1/C=C/C(=O)N(Cc1cccnc1)Cc1ccco1)OC(C)C2. The summed E-state index contributed by atoms with van der Waals surface area (Å²) in [6.07, 6.45) is 9.46. The molecule has 0 fully saturated rings. The molecule has 2 aromatic heterocycles. The molecule has 4 rings (SSSR count). The molecule has 3 heterocycles. The van der Waals surface area contributed by atoms with E-state index in [0.717, 1.165) is 40.4 Å². The molecule has 0 radical (unpaired) electrons. The van der Waals surface area contributed by atoms with Gasteiger partial charge in [-0.2, -0.15) is 0 Å².